The van der Waals surface area contributed by atoms with Gasteiger partial charge in [-0.2, -0.15) is 0 Å². The van der Waals surface area contributed by atoms with Gasteiger partial charge < -0.3 is 14.6 Å². The highest BCUT2D eigenvalue weighted by Crippen LogP contribution is 2.19. The monoisotopic (exact) mass is 391 g/mol. The smallest absolute Gasteiger partial charge is 0.255 e. The molecule has 0 atom stereocenters. The lowest BCUT2D eigenvalue weighted by atomic mass is 10.1. The van der Waals surface area contributed by atoms with Gasteiger partial charge in [-0.3, -0.25) is 4.79 Å². The molecule has 5 heteroatoms. The quantitative estimate of drug-likeness (QED) is 0.564. The Hall–Kier alpha value is -3.08. The van der Waals surface area contributed by atoms with Gasteiger partial charge in [0.05, 0.1) is 6.61 Å². The maximum Gasteiger partial charge on any atom is 0.255 e. The zero-order chi connectivity index (χ0) is 20.8. The largest absolute Gasteiger partial charge is 0.493 e. The Labute approximate surface area is 172 Å². The van der Waals surface area contributed by atoms with Crippen LogP contribution in [-0.2, 0) is 6.54 Å². The van der Waals surface area contributed by atoms with Crippen molar-refractivity contribution in [3.8, 4) is 5.75 Å². The van der Waals surface area contributed by atoms with Gasteiger partial charge in [-0.15, -0.1) is 0 Å². The van der Waals surface area contributed by atoms with Crippen molar-refractivity contribution >= 4 is 11.6 Å². The maximum absolute atomic E-state index is 12.7. The van der Waals surface area contributed by atoms with Crippen LogP contribution in [0, 0.1) is 5.92 Å². The van der Waals surface area contributed by atoms with E-state index in [4.69, 9.17) is 4.74 Å². The number of benzene rings is 2. The van der Waals surface area contributed by atoms with Gasteiger partial charge in [-0.25, -0.2) is 4.98 Å². The zero-order valence-corrected chi connectivity index (χ0v) is 17.6. The fourth-order valence-electron chi connectivity index (χ4n) is 3.09. The summed E-state index contributed by atoms with van der Waals surface area (Å²) < 4.78 is 7.87. The molecule has 1 aromatic heterocycles. The first-order valence-corrected chi connectivity index (χ1v) is 10.1. The third-order valence-electron chi connectivity index (χ3n) is 4.48. The Kier molecular flexibility index (Phi) is 6.70. The summed E-state index contributed by atoms with van der Waals surface area (Å²) in [5.74, 6) is 2.40. The number of nitrogens with one attached hydrogen (secondary N) is 1. The normalized spacial score (nSPS) is 11.1. The van der Waals surface area contributed by atoms with Crippen molar-refractivity contribution < 1.29 is 9.53 Å². The first kappa shape index (κ1) is 20.6. The van der Waals surface area contributed by atoms with E-state index in [9.17, 15) is 4.79 Å². The average molecular weight is 392 g/mol. The number of amides is 1. The number of anilines is 1. The molecule has 3 aromatic rings. The molecule has 2 aromatic carbocycles. The van der Waals surface area contributed by atoms with Crippen LogP contribution in [0.2, 0.25) is 0 Å². The summed E-state index contributed by atoms with van der Waals surface area (Å²) in [6, 6.07) is 15.2. The summed E-state index contributed by atoms with van der Waals surface area (Å²) >= 11 is 0. The molecule has 0 aliphatic carbocycles. The average Bonchev–Trinajstić information content (AvgIpc) is 3.15. The van der Waals surface area contributed by atoms with E-state index in [1.807, 2.05) is 42.7 Å². The van der Waals surface area contributed by atoms with Crippen molar-refractivity contribution in [2.24, 2.45) is 5.92 Å². The van der Waals surface area contributed by atoms with Gasteiger partial charge in [-0.05, 0) is 41.8 Å². The number of aromatic nitrogens is 2. The Morgan fingerprint density at radius 1 is 1.10 bits per heavy atom. The Balaban J connectivity index is 1.69. The molecule has 3 rings (SSSR count). The Morgan fingerprint density at radius 2 is 1.90 bits per heavy atom. The number of carbonyl (C=O) groups excluding carboxylic acids is 1. The first-order valence-electron chi connectivity index (χ1n) is 10.1. The van der Waals surface area contributed by atoms with Crippen molar-refractivity contribution in [2.75, 3.05) is 11.9 Å². The van der Waals surface area contributed by atoms with Gasteiger partial charge in [0, 0.05) is 36.1 Å². The fourth-order valence-corrected chi connectivity index (χ4v) is 3.09. The lowest BCUT2D eigenvalue weighted by Gasteiger charge is -2.12. The highest BCUT2D eigenvalue weighted by atomic mass is 16.5. The van der Waals surface area contributed by atoms with Crippen LogP contribution in [0.25, 0.3) is 0 Å². The standard InChI is InChI=1S/C24H29N3O2/c1-17(2)16-29-22-10-6-8-20(14-22)24(28)26-21-9-5-7-19(13-21)15-27-12-11-25-23(27)18(3)4/h5-14,17-18H,15-16H2,1-4H3,(H,26,28). The lowest BCUT2D eigenvalue weighted by Crippen LogP contribution is -2.13. The summed E-state index contributed by atoms with van der Waals surface area (Å²) in [5.41, 5.74) is 2.46. The van der Waals surface area contributed by atoms with Gasteiger partial charge in [0.15, 0.2) is 0 Å². The first-order chi connectivity index (χ1) is 13.9. The van der Waals surface area contributed by atoms with Crippen LogP contribution in [-0.4, -0.2) is 22.1 Å². The molecule has 5 nitrogen and oxygen atoms in total. The van der Waals surface area contributed by atoms with Crippen LogP contribution in [0.15, 0.2) is 60.9 Å². The number of rotatable bonds is 8. The van der Waals surface area contributed by atoms with E-state index < -0.39 is 0 Å². The molecule has 0 saturated carbocycles. The highest BCUT2D eigenvalue weighted by molar-refractivity contribution is 6.04. The summed E-state index contributed by atoms with van der Waals surface area (Å²) in [4.78, 5) is 17.1. The predicted octanol–water partition coefficient (Wildman–Crippen LogP) is 5.34. The topological polar surface area (TPSA) is 56.1 Å². The van der Waals surface area contributed by atoms with Crippen LogP contribution < -0.4 is 10.1 Å². The van der Waals surface area contributed by atoms with Crippen molar-refractivity contribution in [1.29, 1.82) is 0 Å². The van der Waals surface area contributed by atoms with Gasteiger partial charge >= 0.3 is 0 Å². The van der Waals surface area contributed by atoms with Crippen LogP contribution >= 0.6 is 0 Å². The van der Waals surface area contributed by atoms with E-state index >= 15 is 0 Å². The molecule has 1 amide bonds. The molecule has 0 radical (unpaired) electrons. The van der Waals surface area contributed by atoms with Crippen molar-refractivity contribution in [3.05, 3.63) is 77.9 Å². The van der Waals surface area contributed by atoms with Crippen LogP contribution in [0.1, 0.15) is 55.4 Å². The van der Waals surface area contributed by atoms with Crippen LogP contribution in [0.4, 0.5) is 5.69 Å². The maximum atomic E-state index is 12.7. The minimum absolute atomic E-state index is 0.150. The number of ether oxygens (including phenoxy) is 1. The second-order valence-corrected chi connectivity index (χ2v) is 7.96. The Bertz CT molecular complexity index is 960. The van der Waals surface area contributed by atoms with Gasteiger partial charge in [0.1, 0.15) is 11.6 Å². The Morgan fingerprint density at radius 3 is 2.66 bits per heavy atom. The molecule has 29 heavy (non-hydrogen) atoms. The molecule has 1 heterocycles. The third kappa shape index (κ3) is 5.70. The minimum Gasteiger partial charge on any atom is -0.493 e. The van der Waals surface area contributed by atoms with E-state index in [0.29, 0.717) is 29.8 Å². The van der Waals surface area contributed by atoms with Crippen LogP contribution in [0.3, 0.4) is 0 Å². The molecular formula is C24H29N3O2. The minimum atomic E-state index is -0.150. The van der Waals surface area contributed by atoms with E-state index in [1.54, 1.807) is 12.1 Å². The molecule has 0 bridgehead atoms. The molecular weight excluding hydrogens is 362 g/mol. The second-order valence-electron chi connectivity index (χ2n) is 7.96. The van der Waals surface area contributed by atoms with Gasteiger partial charge in [0.25, 0.3) is 5.91 Å². The number of hydrogen-bond donors (Lipinski definition) is 1. The van der Waals surface area contributed by atoms with Gasteiger partial charge in [-0.1, -0.05) is 45.9 Å². The number of hydrogen-bond acceptors (Lipinski definition) is 3. The zero-order valence-electron chi connectivity index (χ0n) is 17.6. The summed E-state index contributed by atoms with van der Waals surface area (Å²) in [6.07, 6.45) is 3.82. The number of imidazole rings is 1. The summed E-state index contributed by atoms with van der Waals surface area (Å²) in [7, 11) is 0. The molecule has 0 spiro atoms. The molecule has 0 saturated heterocycles. The van der Waals surface area contributed by atoms with E-state index in [2.05, 4.69) is 48.6 Å². The van der Waals surface area contributed by atoms with Crippen molar-refractivity contribution in [2.45, 2.75) is 40.2 Å². The van der Waals surface area contributed by atoms with E-state index in [1.165, 1.54) is 0 Å². The number of nitrogens with zero attached hydrogens (tertiary/aromatic N) is 2. The third-order valence-corrected chi connectivity index (χ3v) is 4.48. The molecule has 0 unspecified atom stereocenters. The molecule has 0 fully saturated rings. The highest BCUT2D eigenvalue weighted by Gasteiger charge is 2.10. The molecule has 152 valence electrons. The van der Waals surface area contributed by atoms with Crippen molar-refractivity contribution in [3.63, 3.8) is 0 Å². The van der Waals surface area contributed by atoms with E-state index in [0.717, 1.165) is 23.6 Å². The SMILES string of the molecule is CC(C)COc1cccc(C(=O)Nc2cccc(Cn3ccnc3C(C)C)c2)c1. The summed E-state index contributed by atoms with van der Waals surface area (Å²) in [5, 5.41) is 2.99. The molecule has 0 aliphatic heterocycles. The lowest BCUT2D eigenvalue weighted by molar-refractivity contribution is 0.102. The van der Waals surface area contributed by atoms with Crippen molar-refractivity contribution in [1.82, 2.24) is 9.55 Å². The summed E-state index contributed by atoms with van der Waals surface area (Å²) in [6.45, 7) is 9.80. The predicted molar refractivity (Wildman–Crippen MR) is 117 cm³/mol. The second kappa shape index (κ2) is 9.41. The number of carbonyl (C=O) groups is 1. The fraction of sp³-hybridized carbons (Fsp3) is 0.333. The van der Waals surface area contributed by atoms with Gasteiger partial charge in [0.2, 0.25) is 0 Å². The van der Waals surface area contributed by atoms with Crippen LogP contribution in [0.5, 0.6) is 5.75 Å². The molecule has 1 N–H and O–H groups in total. The molecule has 0 aliphatic rings. The van der Waals surface area contributed by atoms with E-state index in [-0.39, 0.29) is 5.91 Å².